The summed E-state index contributed by atoms with van der Waals surface area (Å²) < 4.78 is 11.6. The lowest BCUT2D eigenvalue weighted by atomic mass is 10.1. The molecule has 0 radical (unpaired) electrons. The Labute approximate surface area is 100 Å². The number of nitrogens with zero attached hydrogens (tertiary/aromatic N) is 1. The molecule has 1 heterocycles. The van der Waals surface area contributed by atoms with Gasteiger partial charge in [0.15, 0.2) is 0 Å². The fourth-order valence-corrected chi connectivity index (χ4v) is 3.08. The molecular formula is C11H22N2O2S. The first-order valence-corrected chi connectivity index (χ1v) is 7.50. The average Bonchev–Trinajstić information content (AvgIpc) is 2.29. The van der Waals surface area contributed by atoms with Crippen molar-refractivity contribution in [3.05, 3.63) is 0 Å². The van der Waals surface area contributed by atoms with Gasteiger partial charge in [-0.3, -0.25) is 9.00 Å². The highest BCUT2D eigenvalue weighted by Gasteiger charge is 2.19. The third kappa shape index (κ3) is 4.61. The van der Waals surface area contributed by atoms with E-state index >= 15 is 0 Å². The molecule has 1 saturated heterocycles. The molecule has 0 aromatic heterocycles. The highest BCUT2D eigenvalue weighted by atomic mass is 32.2. The molecule has 1 aliphatic heterocycles. The van der Waals surface area contributed by atoms with Crippen LogP contribution in [0.15, 0.2) is 0 Å². The van der Waals surface area contributed by atoms with E-state index < -0.39 is 10.8 Å². The molecule has 0 aromatic rings. The summed E-state index contributed by atoms with van der Waals surface area (Å²) >= 11 is 0. The predicted molar refractivity (Wildman–Crippen MR) is 66.6 cm³/mol. The van der Waals surface area contributed by atoms with Crippen LogP contribution in [-0.4, -0.2) is 45.7 Å². The minimum Gasteiger partial charge on any atom is -0.342 e. The fraction of sp³-hybridized carbons (Fsp3) is 0.909. The van der Waals surface area contributed by atoms with Crippen LogP contribution in [0.1, 0.15) is 32.6 Å². The molecule has 1 amide bonds. The summed E-state index contributed by atoms with van der Waals surface area (Å²) in [4.78, 5) is 13.6. The van der Waals surface area contributed by atoms with Crippen LogP contribution in [0, 0.1) is 0 Å². The van der Waals surface area contributed by atoms with Crippen molar-refractivity contribution in [1.29, 1.82) is 0 Å². The lowest BCUT2D eigenvalue weighted by Crippen LogP contribution is -2.39. The number of piperidine rings is 1. The first kappa shape index (κ1) is 13.6. The molecule has 0 saturated carbocycles. The summed E-state index contributed by atoms with van der Waals surface area (Å²) in [5.74, 6) is 0.616. The second-order valence-corrected chi connectivity index (χ2v) is 5.86. The van der Waals surface area contributed by atoms with Crippen molar-refractivity contribution >= 4 is 16.7 Å². The Bertz CT molecular complexity index is 252. The molecular weight excluding hydrogens is 224 g/mol. The Morgan fingerprint density at radius 2 is 2.00 bits per heavy atom. The zero-order chi connectivity index (χ0) is 12.0. The summed E-state index contributed by atoms with van der Waals surface area (Å²) in [7, 11) is -1.10. The van der Waals surface area contributed by atoms with Gasteiger partial charge < -0.3 is 10.6 Å². The molecule has 0 aliphatic carbocycles. The van der Waals surface area contributed by atoms with Gasteiger partial charge in [-0.05, 0) is 25.7 Å². The van der Waals surface area contributed by atoms with Crippen molar-refractivity contribution in [2.75, 3.05) is 24.6 Å². The molecule has 0 spiro atoms. The van der Waals surface area contributed by atoms with Crippen LogP contribution in [0.3, 0.4) is 0 Å². The second-order valence-electron chi connectivity index (χ2n) is 4.36. The predicted octanol–water partition coefficient (Wildman–Crippen LogP) is 0.485. The van der Waals surface area contributed by atoms with E-state index in [2.05, 4.69) is 0 Å². The number of carbonyl (C=O) groups excluding carboxylic acids is 1. The van der Waals surface area contributed by atoms with Gasteiger partial charge in [-0.2, -0.15) is 0 Å². The van der Waals surface area contributed by atoms with E-state index in [1.54, 1.807) is 0 Å². The van der Waals surface area contributed by atoms with Crippen LogP contribution < -0.4 is 5.73 Å². The van der Waals surface area contributed by atoms with Gasteiger partial charge in [-0.15, -0.1) is 0 Å². The number of likely N-dealkylation sites (tertiary alicyclic amines) is 1. The van der Waals surface area contributed by atoms with E-state index in [1.807, 2.05) is 11.8 Å². The average molecular weight is 246 g/mol. The normalized spacial score (nSPS) is 20.5. The number of rotatable bonds is 5. The summed E-state index contributed by atoms with van der Waals surface area (Å²) in [6.07, 6.45) is 4.16. The fourth-order valence-electron chi connectivity index (χ4n) is 1.79. The largest absolute Gasteiger partial charge is 0.342 e. The van der Waals surface area contributed by atoms with Gasteiger partial charge in [0.25, 0.3) is 0 Å². The van der Waals surface area contributed by atoms with Crippen molar-refractivity contribution in [3.63, 3.8) is 0 Å². The molecule has 5 heteroatoms. The zero-order valence-corrected chi connectivity index (χ0v) is 10.8. The monoisotopic (exact) mass is 246 g/mol. The molecule has 2 N–H and O–H groups in total. The minimum absolute atomic E-state index is 0.0290. The number of nitrogens with two attached hydrogens (primary N) is 1. The standard InChI is InChI=1S/C11H22N2O2S/c1-2-10(12)8-16(15)9-11(14)13-6-4-3-5-7-13/h10H,2-9,12H2,1H3. The van der Waals surface area contributed by atoms with Gasteiger partial charge in [-0.25, -0.2) is 0 Å². The maximum atomic E-state index is 11.8. The molecule has 4 nitrogen and oxygen atoms in total. The van der Waals surface area contributed by atoms with E-state index in [-0.39, 0.29) is 17.7 Å². The van der Waals surface area contributed by atoms with Gasteiger partial charge in [0.05, 0.1) is 0 Å². The van der Waals surface area contributed by atoms with Crippen LogP contribution in [0.25, 0.3) is 0 Å². The van der Waals surface area contributed by atoms with Crippen molar-refractivity contribution in [1.82, 2.24) is 4.90 Å². The summed E-state index contributed by atoms with van der Waals surface area (Å²) in [5, 5.41) is 0. The lowest BCUT2D eigenvalue weighted by Gasteiger charge is -2.26. The van der Waals surface area contributed by atoms with Gasteiger partial charge in [0.1, 0.15) is 5.75 Å². The van der Waals surface area contributed by atoms with Crippen LogP contribution >= 0.6 is 0 Å². The molecule has 0 aromatic carbocycles. The smallest absolute Gasteiger partial charge is 0.235 e. The highest BCUT2D eigenvalue weighted by Crippen LogP contribution is 2.09. The van der Waals surface area contributed by atoms with Crippen molar-refractivity contribution in [2.24, 2.45) is 5.73 Å². The second kappa shape index (κ2) is 7.01. The van der Waals surface area contributed by atoms with Crippen molar-refractivity contribution in [3.8, 4) is 0 Å². The van der Waals surface area contributed by atoms with Gasteiger partial charge in [0.2, 0.25) is 5.91 Å². The molecule has 2 unspecified atom stereocenters. The molecule has 1 aliphatic rings. The van der Waals surface area contributed by atoms with Crippen LogP contribution in [0.2, 0.25) is 0 Å². The topological polar surface area (TPSA) is 63.4 Å². The zero-order valence-electron chi connectivity index (χ0n) is 9.98. The van der Waals surface area contributed by atoms with Crippen LogP contribution in [-0.2, 0) is 15.6 Å². The van der Waals surface area contributed by atoms with Crippen LogP contribution in [0.4, 0.5) is 0 Å². The highest BCUT2D eigenvalue weighted by molar-refractivity contribution is 7.85. The Balaban J connectivity index is 2.29. The Kier molecular flexibility index (Phi) is 5.98. The third-order valence-electron chi connectivity index (χ3n) is 2.92. The molecule has 1 rings (SSSR count). The number of hydrogen-bond donors (Lipinski definition) is 1. The summed E-state index contributed by atoms with van der Waals surface area (Å²) in [6.45, 7) is 3.63. The first-order chi connectivity index (χ1) is 7.63. The van der Waals surface area contributed by atoms with Gasteiger partial charge in [0, 0.05) is 35.7 Å². The maximum Gasteiger partial charge on any atom is 0.235 e. The van der Waals surface area contributed by atoms with E-state index in [1.165, 1.54) is 6.42 Å². The van der Waals surface area contributed by atoms with Gasteiger partial charge in [-0.1, -0.05) is 6.92 Å². The quantitative estimate of drug-likeness (QED) is 0.767. The Hall–Kier alpha value is -0.420. The summed E-state index contributed by atoms with van der Waals surface area (Å²) in [5.41, 5.74) is 5.71. The van der Waals surface area contributed by atoms with Crippen molar-refractivity contribution < 1.29 is 9.00 Å². The Morgan fingerprint density at radius 3 is 2.56 bits per heavy atom. The number of hydrogen-bond acceptors (Lipinski definition) is 3. The molecule has 1 fully saturated rings. The SMILES string of the molecule is CCC(N)CS(=O)CC(=O)N1CCCCC1. The number of amides is 1. The molecule has 0 bridgehead atoms. The Morgan fingerprint density at radius 1 is 1.38 bits per heavy atom. The third-order valence-corrected chi connectivity index (χ3v) is 4.29. The van der Waals surface area contributed by atoms with E-state index in [4.69, 9.17) is 5.73 Å². The minimum atomic E-state index is -1.10. The maximum absolute atomic E-state index is 11.8. The van der Waals surface area contributed by atoms with E-state index in [0.717, 1.165) is 32.4 Å². The van der Waals surface area contributed by atoms with E-state index in [9.17, 15) is 9.00 Å². The number of carbonyl (C=O) groups is 1. The van der Waals surface area contributed by atoms with Crippen molar-refractivity contribution in [2.45, 2.75) is 38.6 Å². The van der Waals surface area contributed by atoms with Gasteiger partial charge >= 0.3 is 0 Å². The van der Waals surface area contributed by atoms with E-state index in [0.29, 0.717) is 5.75 Å². The molecule has 16 heavy (non-hydrogen) atoms. The van der Waals surface area contributed by atoms with Crippen LogP contribution in [0.5, 0.6) is 0 Å². The molecule has 2 atom stereocenters. The first-order valence-electron chi connectivity index (χ1n) is 6.01. The molecule has 94 valence electrons. The summed E-state index contributed by atoms with van der Waals surface area (Å²) in [6, 6.07) is -0.0463. The lowest BCUT2D eigenvalue weighted by molar-refractivity contribution is -0.129.